The second-order valence-electron chi connectivity index (χ2n) is 5.95. The van der Waals surface area contributed by atoms with E-state index in [-0.39, 0.29) is 11.9 Å². The lowest BCUT2D eigenvalue weighted by Gasteiger charge is -2.31. The molecule has 1 aliphatic heterocycles. The summed E-state index contributed by atoms with van der Waals surface area (Å²) in [7, 11) is 1.96. The summed E-state index contributed by atoms with van der Waals surface area (Å²) in [6.45, 7) is 3.12. The Hall–Kier alpha value is -0.940. The van der Waals surface area contributed by atoms with Crippen molar-refractivity contribution in [2.24, 2.45) is 0 Å². The Morgan fingerprint density at radius 2 is 2.30 bits per heavy atom. The molecular weight excluding hydrogens is 270 g/mol. The van der Waals surface area contributed by atoms with Crippen molar-refractivity contribution in [3.8, 4) is 0 Å². The zero-order chi connectivity index (χ0) is 14.1. The van der Waals surface area contributed by atoms with Crippen LogP contribution in [0.1, 0.15) is 53.7 Å². The van der Waals surface area contributed by atoms with Crippen molar-refractivity contribution in [3.05, 3.63) is 15.6 Å². The molecule has 0 saturated carbocycles. The molecule has 1 aromatic rings. The number of rotatable bonds is 3. The summed E-state index contributed by atoms with van der Waals surface area (Å²) in [4.78, 5) is 20.4. The SMILES string of the molecule is Cc1nc2c(s1)C(N(C)C(=O)CC1CCCN1)CCC2. The minimum Gasteiger partial charge on any atom is -0.338 e. The molecule has 1 aromatic heterocycles. The second kappa shape index (κ2) is 5.82. The summed E-state index contributed by atoms with van der Waals surface area (Å²) < 4.78 is 0. The van der Waals surface area contributed by atoms with Crippen molar-refractivity contribution in [2.45, 2.75) is 57.5 Å². The van der Waals surface area contributed by atoms with Gasteiger partial charge in [-0.15, -0.1) is 11.3 Å². The Bertz CT molecular complexity index is 493. The number of hydrogen-bond acceptors (Lipinski definition) is 4. The van der Waals surface area contributed by atoms with Crippen molar-refractivity contribution < 1.29 is 4.79 Å². The lowest BCUT2D eigenvalue weighted by atomic mass is 9.96. The number of hydrogen-bond donors (Lipinski definition) is 1. The molecule has 2 aliphatic rings. The lowest BCUT2D eigenvalue weighted by Crippen LogP contribution is -2.36. The maximum Gasteiger partial charge on any atom is 0.224 e. The predicted molar refractivity (Wildman–Crippen MR) is 80.9 cm³/mol. The molecule has 2 unspecified atom stereocenters. The molecule has 2 heterocycles. The van der Waals surface area contributed by atoms with E-state index in [1.807, 2.05) is 11.9 Å². The van der Waals surface area contributed by atoms with Crippen molar-refractivity contribution >= 4 is 17.2 Å². The van der Waals surface area contributed by atoms with Gasteiger partial charge in [-0.05, 0) is 45.6 Å². The minimum absolute atomic E-state index is 0.249. The average molecular weight is 293 g/mol. The van der Waals surface area contributed by atoms with Gasteiger partial charge in [0.25, 0.3) is 0 Å². The molecular formula is C15H23N3OS. The first-order chi connectivity index (χ1) is 9.65. The summed E-state index contributed by atoms with van der Waals surface area (Å²) in [5, 5.41) is 4.54. The predicted octanol–water partition coefficient (Wildman–Crippen LogP) is 2.43. The van der Waals surface area contributed by atoms with Gasteiger partial charge >= 0.3 is 0 Å². The van der Waals surface area contributed by atoms with Gasteiger partial charge in [0, 0.05) is 19.5 Å². The van der Waals surface area contributed by atoms with Gasteiger partial charge in [-0.25, -0.2) is 4.98 Å². The van der Waals surface area contributed by atoms with Crippen LogP contribution in [-0.2, 0) is 11.2 Å². The molecule has 3 rings (SSSR count). The van der Waals surface area contributed by atoms with Crippen LogP contribution < -0.4 is 5.32 Å². The smallest absolute Gasteiger partial charge is 0.224 e. The molecule has 0 radical (unpaired) electrons. The number of aryl methyl sites for hydroxylation is 2. The Morgan fingerprint density at radius 3 is 3.05 bits per heavy atom. The summed E-state index contributed by atoms with van der Waals surface area (Å²) in [6.07, 6.45) is 6.26. The Kier molecular flexibility index (Phi) is 4.08. The Balaban J connectivity index is 1.70. The highest BCUT2D eigenvalue weighted by Crippen LogP contribution is 2.37. The molecule has 20 heavy (non-hydrogen) atoms. The number of thiazole rings is 1. The highest BCUT2D eigenvalue weighted by Gasteiger charge is 2.30. The Labute approximate surface area is 124 Å². The van der Waals surface area contributed by atoms with Crippen LogP contribution in [0.25, 0.3) is 0 Å². The van der Waals surface area contributed by atoms with Crippen molar-refractivity contribution in [1.29, 1.82) is 0 Å². The van der Waals surface area contributed by atoms with Crippen LogP contribution in [0.2, 0.25) is 0 Å². The van der Waals surface area contributed by atoms with E-state index in [0.717, 1.165) is 37.2 Å². The molecule has 2 atom stereocenters. The molecule has 1 aliphatic carbocycles. The van der Waals surface area contributed by atoms with E-state index in [0.29, 0.717) is 12.5 Å². The van der Waals surface area contributed by atoms with E-state index in [2.05, 4.69) is 17.2 Å². The average Bonchev–Trinajstić information content (AvgIpc) is 3.05. The minimum atomic E-state index is 0.249. The number of aromatic nitrogens is 1. The van der Waals surface area contributed by atoms with E-state index in [1.54, 1.807) is 11.3 Å². The lowest BCUT2D eigenvalue weighted by molar-refractivity contribution is -0.132. The van der Waals surface area contributed by atoms with Gasteiger partial charge in [0.05, 0.1) is 21.6 Å². The third-order valence-electron chi connectivity index (χ3n) is 4.47. The molecule has 0 spiro atoms. The molecule has 0 aromatic carbocycles. The molecule has 110 valence electrons. The highest BCUT2D eigenvalue weighted by atomic mass is 32.1. The summed E-state index contributed by atoms with van der Waals surface area (Å²) in [6, 6.07) is 0.634. The van der Waals surface area contributed by atoms with Crippen LogP contribution in [0.15, 0.2) is 0 Å². The topological polar surface area (TPSA) is 45.2 Å². The summed E-state index contributed by atoms with van der Waals surface area (Å²) >= 11 is 1.77. The summed E-state index contributed by atoms with van der Waals surface area (Å²) in [5.41, 5.74) is 1.22. The number of nitrogens with one attached hydrogen (secondary N) is 1. The standard InChI is InChI=1S/C15H23N3OS/c1-10-17-12-6-3-7-13(15(12)20-10)18(2)14(19)9-11-5-4-8-16-11/h11,13,16H,3-9H2,1-2H3. The number of nitrogens with zero attached hydrogens (tertiary/aromatic N) is 2. The molecule has 4 nitrogen and oxygen atoms in total. The van der Waals surface area contributed by atoms with E-state index < -0.39 is 0 Å². The third kappa shape index (κ3) is 2.74. The summed E-state index contributed by atoms with van der Waals surface area (Å²) in [5.74, 6) is 0.272. The third-order valence-corrected chi connectivity index (χ3v) is 5.59. The molecule has 1 amide bonds. The molecule has 1 N–H and O–H groups in total. The van der Waals surface area contributed by atoms with Gasteiger partial charge in [-0.3, -0.25) is 4.79 Å². The zero-order valence-electron chi connectivity index (χ0n) is 12.3. The molecule has 5 heteroatoms. The first-order valence-electron chi connectivity index (χ1n) is 7.60. The van der Waals surface area contributed by atoms with Gasteiger partial charge in [0.1, 0.15) is 0 Å². The zero-order valence-corrected chi connectivity index (χ0v) is 13.1. The monoisotopic (exact) mass is 293 g/mol. The van der Waals surface area contributed by atoms with Crippen LogP contribution >= 0.6 is 11.3 Å². The number of fused-ring (bicyclic) bond motifs is 1. The van der Waals surface area contributed by atoms with Crippen LogP contribution in [0.4, 0.5) is 0 Å². The first kappa shape index (κ1) is 14.0. The highest BCUT2D eigenvalue weighted by molar-refractivity contribution is 7.11. The van der Waals surface area contributed by atoms with Gasteiger partial charge in [-0.1, -0.05) is 0 Å². The van der Waals surface area contributed by atoms with E-state index in [9.17, 15) is 4.79 Å². The van der Waals surface area contributed by atoms with Crippen molar-refractivity contribution in [3.63, 3.8) is 0 Å². The van der Waals surface area contributed by atoms with Gasteiger partial charge in [-0.2, -0.15) is 0 Å². The number of amides is 1. The van der Waals surface area contributed by atoms with Crippen molar-refractivity contribution in [2.75, 3.05) is 13.6 Å². The van der Waals surface area contributed by atoms with Crippen LogP contribution in [0.3, 0.4) is 0 Å². The van der Waals surface area contributed by atoms with Gasteiger partial charge < -0.3 is 10.2 Å². The van der Waals surface area contributed by atoms with E-state index in [1.165, 1.54) is 17.0 Å². The van der Waals surface area contributed by atoms with E-state index >= 15 is 0 Å². The normalized spacial score (nSPS) is 25.5. The van der Waals surface area contributed by atoms with Crippen molar-refractivity contribution in [1.82, 2.24) is 15.2 Å². The molecule has 1 saturated heterocycles. The molecule has 1 fully saturated rings. The van der Waals surface area contributed by atoms with Gasteiger partial charge in [0.2, 0.25) is 5.91 Å². The van der Waals surface area contributed by atoms with Crippen LogP contribution in [-0.4, -0.2) is 35.4 Å². The Morgan fingerprint density at radius 1 is 1.45 bits per heavy atom. The first-order valence-corrected chi connectivity index (χ1v) is 8.42. The van der Waals surface area contributed by atoms with E-state index in [4.69, 9.17) is 0 Å². The fourth-order valence-electron chi connectivity index (χ4n) is 3.35. The maximum atomic E-state index is 12.5. The second-order valence-corrected chi connectivity index (χ2v) is 7.19. The van der Waals surface area contributed by atoms with Crippen LogP contribution in [0.5, 0.6) is 0 Å². The van der Waals surface area contributed by atoms with Crippen LogP contribution in [0, 0.1) is 6.92 Å². The quantitative estimate of drug-likeness (QED) is 0.931. The largest absolute Gasteiger partial charge is 0.338 e. The van der Waals surface area contributed by atoms with Gasteiger partial charge in [0.15, 0.2) is 0 Å². The fourth-order valence-corrected chi connectivity index (χ4v) is 4.50. The maximum absolute atomic E-state index is 12.5. The fraction of sp³-hybridized carbons (Fsp3) is 0.733. The number of carbonyl (C=O) groups excluding carboxylic acids is 1. The molecule has 0 bridgehead atoms. The number of carbonyl (C=O) groups is 1.